The van der Waals surface area contributed by atoms with Crippen LogP contribution in [0.15, 0.2) is 12.3 Å². The van der Waals surface area contributed by atoms with Crippen molar-refractivity contribution in [3.63, 3.8) is 0 Å². The van der Waals surface area contributed by atoms with Crippen LogP contribution >= 0.6 is 0 Å². The summed E-state index contributed by atoms with van der Waals surface area (Å²) in [5, 5.41) is 3.20. The van der Waals surface area contributed by atoms with E-state index >= 15 is 0 Å². The van der Waals surface area contributed by atoms with Gasteiger partial charge in [0.05, 0.1) is 30.8 Å². The van der Waals surface area contributed by atoms with E-state index in [0.717, 1.165) is 17.5 Å². The number of hydrogen-bond donors (Lipinski definition) is 1. The average molecular weight is 478 g/mol. The molecule has 0 amide bonds. The lowest BCUT2D eigenvalue weighted by Gasteiger charge is -2.30. The van der Waals surface area contributed by atoms with Gasteiger partial charge in [0.2, 0.25) is 21.9 Å². The Kier molecular flexibility index (Phi) is 6.23. The summed E-state index contributed by atoms with van der Waals surface area (Å²) in [7, 11) is -1.70. The predicted octanol–water partition coefficient (Wildman–Crippen LogP) is 2.76. The molecule has 1 fully saturated rings. The summed E-state index contributed by atoms with van der Waals surface area (Å²) in [6.45, 7) is 6.82. The fourth-order valence-electron chi connectivity index (χ4n) is 4.23. The van der Waals surface area contributed by atoms with E-state index in [-0.39, 0.29) is 23.7 Å². The van der Waals surface area contributed by atoms with Gasteiger partial charge in [-0.2, -0.15) is 0 Å². The molecule has 4 rings (SSSR count). The summed E-state index contributed by atoms with van der Waals surface area (Å²) in [5.41, 5.74) is 1.76. The van der Waals surface area contributed by atoms with Crippen LogP contribution in [0.1, 0.15) is 38.6 Å². The van der Waals surface area contributed by atoms with Gasteiger partial charge in [0, 0.05) is 25.2 Å². The number of fused-ring (bicyclic) bond motifs is 1. The van der Waals surface area contributed by atoms with Crippen molar-refractivity contribution in [1.29, 1.82) is 0 Å². The van der Waals surface area contributed by atoms with Crippen molar-refractivity contribution in [1.82, 2.24) is 28.8 Å². The minimum Gasteiger partial charge on any atom is -0.479 e. The molecule has 3 aromatic rings. The largest absolute Gasteiger partial charge is 0.479 e. The summed E-state index contributed by atoms with van der Waals surface area (Å²) in [6, 6.07) is 1.88. The minimum absolute atomic E-state index is 0.0173. The van der Waals surface area contributed by atoms with Gasteiger partial charge >= 0.3 is 0 Å². The van der Waals surface area contributed by atoms with Gasteiger partial charge in [-0.1, -0.05) is 0 Å². The number of nitrogens with zero attached hydrogens (tertiary/aromatic N) is 6. The van der Waals surface area contributed by atoms with Gasteiger partial charge in [-0.15, -0.1) is 0 Å². The molecule has 12 heteroatoms. The third-order valence-corrected chi connectivity index (χ3v) is 7.08. The molecule has 1 aliphatic rings. The standard InChI is InChI=1S/C21H28FN7O3S/c1-12(2)29-13(3)24-19-17(29)10-16(26-20(19)32-4)18-15(22)11-23-21(27-18)25-14-6-8-28(9-7-14)33(5,30)31/h10-12,14H,6-9H2,1-5H3,(H,23,25,27). The number of anilines is 1. The second-order valence-corrected chi connectivity index (χ2v) is 10.5. The molecule has 0 saturated carbocycles. The van der Waals surface area contributed by atoms with Crippen molar-refractivity contribution in [2.45, 2.75) is 45.7 Å². The zero-order valence-electron chi connectivity index (χ0n) is 19.3. The number of halogens is 1. The SMILES string of the molecule is COc1nc(-c2nc(NC3CCN(S(C)(=O)=O)CC3)ncc2F)cc2c1nc(C)n2C(C)C. The van der Waals surface area contributed by atoms with E-state index in [1.54, 1.807) is 6.07 Å². The van der Waals surface area contributed by atoms with E-state index in [9.17, 15) is 12.8 Å². The van der Waals surface area contributed by atoms with Gasteiger partial charge in [0.1, 0.15) is 11.5 Å². The number of pyridine rings is 1. The molecule has 0 unspecified atom stereocenters. The van der Waals surface area contributed by atoms with Crippen LogP contribution in [0, 0.1) is 12.7 Å². The molecule has 0 radical (unpaired) electrons. The molecule has 0 bridgehead atoms. The number of aryl methyl sites for hydroxylation is 1. The monoisotopic (exact) mass is 477 g/mol. The fraction of sp³-hybridized carbons (Fsp3) is 0.524. The molecule has 0 spiro atoms. The summed E-state index contributed by atoms with van der Waals surface area (Å²) in [5.74, 6) is 0.765. The van der Waals surface area contributed by atoms with E-state index in [0.29, 0.717) is 43.0 Å². The molecule has 178 valence electrons. The van der Waals surface area contributed by atoms with Gasteiger partial charge < -0.3 is 14.6 Å². The van der Waals surface area contributed by atoms with Crippen molar-refractivity contribution < 1.29 is 17.5 Å². The van der Waals surface area contributed by atoms with Crippen molar-refractivity contribution in [3.8, 4) is 17.3 Å². The Labute approximate surface area is 192 Å². The number of sulfonamides is 1. The minimum atomic E-state index is -3.21. The van der Waals surface area contributed by atoms with Crippen LogP contribution in [0.2, 0.25) is 0 Å². The first-order valence-electron chi connectivity index (χ1n) is 10.8. The number of ether oxygens (including phenoxy) is 1. The second kappa shape index (κ2) is 8.82. The molecule has 1 aliphatic heterocycles. The number of rotatable bonds is 6. The lowest BCUT2D eigenvalue weighted by atomic mass is 10.1. The van der Waals surface area contributed by atoms with Gasteiger partial charge in [0.15, 0.2) is 11.3 Å². The van der Waals surface area contributed by atoms with Crippen LogP contribution in [0.4, 0.5) is 10.3 Å². The number of hydrogen-bond acceptors (Lipinski definition) is 8. The predicted molar refractivity (Wildman–Crippen MR) is 123 cm³/mol. The van der Waals surface area contributed by atoms with Crippen molar-refractivity contribution >= 4 is 27.0 Å². The van der Waals surface area contributed by atoms with E-state index in [4.69, 9.17) is 4.74 Å². The molecule has 0 atom stereocenters. The quantitative estimate of drug-likeness (QED) is 0.576. The fourth-order valence-corrected chi connectivity index (χ4v) is 5.10. The van der Waals surface area contributed by atoms with Crippen molar-refractivity contribution in [3.05, 3.63) is 23.9 Å². The van der Waals surface area contributed by atoms with Crippen LogP contribution in [0.5, 0.6) is 5.88 Å². The molecule has 3 aromatic heterocycles. The summed E-state index contributed by atoms with van der Waals surface area (Å²) < 4.78 is 47.2. The van der Waals surface area contributed by atoms with Crippen LogP contribution in [0.3, 0.4) is 0 Å². The van der Waals surface area contributed by atoms with Gasteiger partial charge in [-0.05, 0) is 39.7 Å². The zero-order valence-corrected chi connectivity index (χ0v) is 20.1. The van der Waals surface area contributed by atoms with E-state index < -0.39 is 15.8 Å². The van der Waals surface area contributed by atoms with E-state index in [1.165, 1.54) is 17.7 Å². The molecule has 1 saturated heterocycles. The van der Waals surface area contributed by atoms with Crippen LogP contribution in [-0.4, -0.2) is 69.7 Å². The molecule has 33 heavy (non-hydrogen) atoms. The van der Waals surface area contributed by atoms with Crippen molar-refractivity contribution in [2.75, 3.05) is 31.8 Å². The lowest BCUT2D eigenvalue weighted by Crippen LogP contribution is -2.42. The number of nitrogens with one attached hydrogen (secondary N) is 1. The highest BCUT2D eigenvalue weighted by Crippen LogP contribution is 2.32. The maximum Gasteiger partial charge on any atom is 0.242 e. The normalized spacial score (nSPS) is 16.0. The van der Waals surface area contributed by atoms with Crippen LogP contribution in [-0.2, 0) is 10.0 Å². The first kappa shape index (κ1) is 23.3. The third-order valence-electron chi connectivity index (χ3n) is 5.78. The average Bonchev–Trinajstić information content (AvgIpc) is 3.10. The zero-order chi connectivity index (χ0) is 23.9. The van der Waals surface area contributed by atoms with Gasteiger partial charge in [-0.3, -0.25) is 0 Å². The molecule has 10 nitrogen and oxygen atoms in total. The first-order chi connectivity index (χ1) is 15.6. The molecule has 0 aromatic carbocycles. The number of imidazole rings is 1. The topological polar surface area (TPSA) is 115 Å². The molecule has 0 aliphatic carbocycles. The molecule has 4 heterocycles. The second-order valence-electron chi connectivity index (χ2n) is 8.48. The van der Waals surface area contributed by atoms with Gasteiger partial charge in [-0.25, -0.2) is 37.0 Å². The summed E-state index contributed by atoms with van der Waals surface area (Å²) >= 11 is 0. The maximum absolute atomic E-state index is 14.8. The molecule has 1 N–H and O–H groups in total. The Balaban J connectivity index is 1.66. The van der Waals surface area contributed by atoms with E-state index in [2.05, 4.69) is 25.3 Å². The Morgan fingerprint density at radius 2 is 1.91 bits per heavy atom. The highest BCUT2D eigenvalue weighted by molar-refractivity contribution is 7.88. The Bertz CT molecular complexity index is 1280. The smallest absolute Gasteiger partial charge is 0.242 e. The third kappa shape index (κ3) is 4.62. The van der Waals surface area contributed by atoms with Crippen LogP contribution in [0.25, 0.3) is 22.4 Å². The molecular formula is C21H28FN7O3S. The Morgan fingerprint density at radius 1 is 1.21 bits per heavy atom. The Morgan fingerprint density at radius 3 is 2.52 bits per heavy atom. The van der Waals surface area contributed by atoms with E-state index in [1.807, 2.05) is 25.3 Å². The number of piperidine rings is 1. The number of methoxy groups -OCH3 is 1. The first-order valence-corrected chi connectivity index (χ1v) is 12.6. The highest BCUT2D eigenvalue weighted by atomic mass is 32.2. The highest BCUT2D eigenvalue weighted by Gasteiger charge is 2.26. The summed E-state index contributed by atoms with van der Waals surface area (Å²) in [4.78, 5) is 17.5. The summed E-state index contributed by atoms with van der Waals surface area (Å²) in [6.07, 6.45) is 3.53. The van der Waals surface area contributed by atoms with Crippen molar-refractivity contribution in [2.24, 2.45) is 0 Å². The van der Waals surface area contributed by atoms with Gasteiger partial charge in [0.25, 0.3) is 0 Å². The van der Waals surface area contributed by atoms with Crippen LogP contribution < -0.4 is 10.1 Å². The Hall–Kier alpha value is -2.86. The number of aromatic nitrogens is 5. The maximum atomic E-state index is 14.8. The molecular weight excluding hydrogens is 449 g/mol. The lowest BCUT2D eigenvalue weighted by molar-refractivity contribution is 0.331.